The molecule has 5 nitrogen and oxygen atoms in total. The molecule has 29 heavy (non-hydrogen) atoms. The summed E-state index contributed by atoms with van der Waals surface area (Å²) in [5.74, 6) is 0.212. The molecule has 150 valence electrons. The van der Waals surface area contributed by atoms with Gasteiger partial charge in [-0.25, -0.2) is 9.07 Å². The van der Waals surface area contributed by atoms with Gasteiger partial charge in [0.25, 0.3) is 5.56 Å². The van der Waals surface area contributed by atoms with Gasteiger partial charge in [0.05, 0.1) is 0 Å². The number of para-hydroxylation sites is 1. The van der Waals surface area contributed by atoms with E-state index in [1.54, 1.807) is 12.1 Å². The van der Waals surface area contributed by atoms with Gasteiger partial charge in [-0.05, 0) is 56.2 Å². The van der Waals surface area contributed by atoms with Gasteiger partial charge in [-0.15, -0.1) is 0 Å². The number of aromatic nitrogens is 3. The highest BCUT2D eigenvalue weighted by molar-refractivity contribution is 5.76. The molecular weight excluding hydrogens is 367 g/mol. The van der Waals surface area contributed by atoms with Gasteiger partial charge in [0.2, 0.25) is 0 Å². The number of hydrogen-bond donors (Lipinski definition) is 1. The van der Waals surface area contributed by atoms with Crippen molar-refractivity contribution in [3.8, 4) is 22.6 Å². The van der Waals surface area contributed by atoms with Crippen molar-refractivity contribution < 1.29 is 4.39 Å². The topological polar surface area (TPSA) is 59.8 Å². The zero-order valence-electron chi connectivity index (χ0n) is 16.8. The summed E-state index contributed by atoms with van der Waals surface area (Å²) in [5, 5.41) is 8.33. The van der Waals surface area contributed by atoms with E-state index in [9.17, 15) is 9.18 Å². The van der Waals surface area contributed by atoms with E-state index in [4.69, 9.17) is 5.10 Å². The summed E-state index contributed by atoms with van der Waals surface area (Å²) in [6.07, 6.45) is 5.40. The van der Waals surface area contributed by atoms with E-state index in [2.05, 4.69) is 24.1 Å². The Hall–Kier alpha value is -3.02. The van der Waals surface area contributed by atoms with Gasteiger partial charge in [-0.2, -0.15) is 10.1 Å². The number of hydrogen-bond acceptors (Lipinski definition) is 4. The van der Waals surface area contributed by atoms with Gasteiger partial charge in [0.1, 0.15) is 11.5 Å². The zero-order chi connectivity index (χ0) is 20.4. The van der Waals surface area contributed by atoms with Crippen LogP contribution in [-0.4, -0.2) is 14.8 Å². The Balaban J connectivity index is 1.83. The number of unbranched alkanes of at least 4 members (excludes halogenated alkanes) is 3. The lowest BCUT2D eigenvalue weighted by Crippen LogP contribution is -2.45. The molecule has 0 saturated heterocycles. The van der Waals surface area contributed by atoms with E-state index in [1.807, 2.05) is 28.9 Å². The number of halogens is 1. The molecule has 0 saturated carbocycles. The second kappa shape index (κ2) is 7.78. The Kier molecular flexibility index (Phi) is 5.18. The minimum atomic E-state index is -0.507. The van der Waals surface area contributed by atoms with Crippen molar-refractivity contribution in [2.45, 2.75) is 51.6 Å². The number of nitrogens with one attached hydrogen (secondary N) is 1. The van der Waals surface area contributed by atoms with E-state index >= 15 is 0 Å². The molecule has 4 rings (SSSR count). The fraction of sp³-hybridized carbons (Fsp3) is 0.348. The summed E-state index contributed by atoms with van der Waals surface area (Å²) in [7, 11) is 0. The Bertz CT molecular complexity index is 1080. The molecule has 2 aromatic carbocycles. The Morgan fingerprint density at radius 3 is 2.59 bits per heavy atom. The summed E-state index contributed by atoms with van der Waals surface area (Å²) in [6, 6.07) is 13.6. The summed E-state index contributed by atoms with van der Waals surface area (Å²) < 4.78 is 15.2. The largest absolute Gasteiger partial charge is 0.361 e. The molecule has 0 fully saturated rings. The fourth-order valence-corrected chi connectivity index (χ4v) is 3.89. The van der Waals surface area contributed by atoms with Crippen molar-refractivity contribution in [2.75, 3.05) is 5.32 Å². The van der Waals surface area contributed by atoms with Gasteiger partial charge < -0.3 is 5.32 Å². The van der Waals surface area contributed by atoms with Crippen LogP contribution < -0.4 is 10.9 Å². The number of rotatable bonds is 6. The standard InChI is InChI=1S/C23H25FN4O/c1-3-4-5-8-15-23(2)26-19-10-7-6-9-18(19)21-25-22(29)20(27-28(21)23)16-11-13-17(24)14-12-16/h6-7,9-14,26H,3-5,8,15H2,1-2H3/t23-/m0/s1. The molecule has 6 heteroatoms. The highest BCUT2D eigenvalue weighted by Gasteiger charge is 2.35. The van der Waals surface area contributed by atoms with Crippen LogP contribution in [-0.2, 0) is 5.66 Å². The van der Waals surface area contributed by atoms with Crippen LogP contribution in [0.3, 0.4) is 0 Å². The van der Waals surface area contributed by atoms with Crippen LogP contribution in [0.15, 0.2) is 53.3 Å². The Morgan fingerprint density at radius 1 is 1.07 bits per heavy atom. The molecular formula is C23H25FN4O. The average Bonchev–Trinajstić information content (AvgIpc) is 2.72. The molecule has 2 heterocycles. The molecule has 0 unspecified atom stereocenters. The quantitative estimate of drug-likeness (QED) is 0.587. The van der Waals surface area contributed by atoms with Crippen molar-refractivity contribution in [2.24, 2.45) is 0 Å². The average molecular weight is 392 g/mol. The zero-order valence-corrected chi connectivity index (χ0v) is 16.8. The molecule has 1 aliphatic rings. The van der Waals surface area contributed by atoms with Crippen LogP contribution in [0.2, 0.25) is 0 Å². The maximum absolute atomic E-state index is 13.3. The van der Waals surface area contributed by atoms with Crippen molar-refractivity contribution >= 4 is 5.69 Å². The third-order valence-corrected chi connectivity index (χ3v) is 5.48. The van der Waals surface area contributed by atoms with Crippen LogP contribution in [0.1, 0.15) is 46.0 Å². The van der Waals surface area contributed by atoms with Crippen molar-refractivity contribution in [1.29, 1.82) is 0 Å². The lowest BCUT2D eigenvalue weighted by Gasteiger charge is -2.39. The minimum absolute atomic E-state index is 0.231. The molecule has 1 atom stereocenters. The van der Waals surface area contributed by atoms with Crippen molar-refractivity contribution in [3.63, 3.8) is 0 Å². The number of nitrogens with zero attached hydrogens (tertiary/aromatic N) is 3. The van der Waals surface area contributed by atoms with E-state index in [0.29, 0.717) is 11.4 Å². The maximum atomic E-state index is 13.3. The van der Waals surface area contributed by atoms with Crippen LogP contribution in [0.4, 0.5) is 10.1 Å². The summed E-state index contributed by atoms with van der Waals surface area (Å²) in [4.78, 5) is 17.2. The lowest BCUT2D eigenvalue weighted by molar-refractivity contribution is 0.289. The normalized spacial score (nSPS) is 17.3. The number of anilines is 1. The number of fused-ring (bicyclic) bond motifs is 3. The molecule has 0 radical (unpaired) electrons. The van der Waals surface area contributed by atoms with Crippen LogP contribution in [0.25, 0.3) is 22.6 Å². The number of benzene rings is 2. The van der Waals surface area contributed by atoms with Crippen LogP contribution >= 0.6 is 0 Å². The molecule has 0 spiro atoms. The molecule has 1 aromatic heterocycles. The SMILES string of the molecule is CCCCCC[C@@]1(C)Nc2ccccc2-c2nc(=O)c(-c3ccc(F)cc3)nn21. The molecule has 0 bridgehead atoms. The Morgan fingerprint density at radius 2 is 1.83 bits per heavy atom. The van der Waals surface area contributed by atoms with Crippen LogP contribution in [0.5, 0.6) is 0 Å². The van der Waals surface area contributed by atoms with Gasteiger partial charge in [-0.1, -0.05) is 38.3 Å². The molecule has 0 aliphatic carbocycles. The lowest BCUT2D eigenvalue weighted by atomic mass is 9.98. The second-order valence-corrected chi connectivity index (χ2v) is 7.76. The highest BCUT2D eigenvalue weighted by atomic mass is 19.1. The molecule has 1 aliphatic heterocycles. The van der Waals surface area contributed by atoms with E-state index in [0.717, 1.165) is 30.5 Å². The monoisotopic (exact) mass is 392 g/mol. The summed E-state index contributed by atoms with van der Waals surface area (Å²) in [5.41, 5.74) is 1.68. The Labute approximate surface area is 169 Å². The van der Waals surface area contributed by atoms with Crippen molar-refractivity contribution in [1.82, 2.24) is 14.8 Å². The first-order chi connectivity index (χ1) is 14.0. The maximum Gasteiger partial charge on any atom is 0.300 e. The third-order valence-electron chi connectivity index (χ3n) is 5.48. The summed E-state index contributed by atoms with van der Waals surface area (Å²) in [6.45, 7) is 4.28. The van der Waals surface area contributed by atoms with E-state index in [-0.39, 0.29) is 11.5 Å². The highest BCUT2D eigenvalue weighted by Crippen LogP contribution is 2.38. The molecule has 3 aromatic rings. The van der Waals surface area contributed by atoms with Gasteiger partial charge in [0.15, 0.2) is 11.5 Å². The third kappa shape index (κ3) is 3.67. The first-order valence-electron chi connectivity index (χ1n) is 10.2. The first-order valence-corrected chi connectivity index (χ1v) is 10.2. The predicted molar refractivity (Wildman–Crippen MR) is 113 cm³/mol. The fourth-order valence-electron chi connectivity index (χ4n) is 3.89. The van der Waals surface area contributed by atoms with Crippen molar-refractivity contribution in [3.05, 3.63) is 64.7 Å². The van der Waals surface area contributed by atoms with Gasteiger partial charge in [-0.3, -0.25) is 4.79 Å². The van der Waals surface area contributed by atoms with E-state index in [1.165, 1.54) is 25.0 Å². The second-order valence-electron chi connectivity index (χ2n) is 7.76. The molecule has 1 N–H and O–H groups in total. The summed E-state index contributed by atoms with van der Waals surface area (Å²) >= 11 is 0. The minimum Gasteiger partial charge on any atom is -0.361 e. The smallest absolute Gasteiger partial charge is 0.300 e. The van der Waals surface area contributed by atoms with E-state index < -0.39 is 11.2 Å². The first kappa shape index (κ1) is 19.3. The van der Waals surface area contributed by atoms with Gasteiger partial charge >= 0.3 is 0 Å². The van der Waals surface area contributed by atoms with Crippen LogP contribution in [0, 0.1) is 5.82 Å². The molecule has 0 amide bonds. The van der Waals surface area contributed by atoms with Gasteiger partial charge in [0, 0.05) is 16.8 Å². The predicted octanol–water partition coefficient (Wildman–Crippen LogP) is 5.18.